The molecule has 1 rings (SSSR count). The predicted molar refractivity (Wildman–Crippen MR) is 47.7 cm³/mol. The standard InChI is InChI=1S/C9H9NO3/c11-9(12)7-10(13)6-8-4-2-1-3-5-8/h1-6H,7H2,(H,11,12)/b10-6+. The average Bonchev–Trinajstić information content (AvgIpc) is 2.04. The average molecular weight is 179 g/mol. The van der Waals surface area contributed by atoms with E-state index in [2.05, 4.69) is 0 Å². The maximum absolute atomic E-state index is 10.9. The van der Waals surface area contributed by atoms with Crippen molar-refractivity contribution < 1.29 is 14.6 Å². The Labute approximate surface area is 75.3 Å². The molecule has 0 heterocycles. The van der Waals surface area contributed by atoms with E-state index in [0.717, 1.165) is 0 Å². The topological polar surface area (TPSA) is 63.4 Å². The lowest BCUT2D eigenvalue weighted by Gasteiger charge is -1.99. The fourth-order valence-corrected chi connectivity index (χ4v) is 0.884. The zero-order valence-electron chi connectivity index (χ0n) is 6.88. The molecule has 13 heavy (non-hydrogen) atoms. The van der Waals surface area contributed by atoms with Crippen LogP contribution in [0.4, 0.5) is 0 Å². The molecule has 0 unspecified atom stereocenters. The number of carbonyl (C=O) groups is 1. The molecule has 4 heteroatoms. The highest BCUT2D eigenvalue weighted by molar-refractivity contribution is 5.76. The van der Waals surface area contributed by atoms with Gasteiger partial charge in [0.2, 0.25) is 6.54 Å². The van der Waals surface area contributed by atoms with Gasteiger partial charge < -0.3 is 10.3 Å². The molecule has 0 atom stereocenters. The Balaban J connectivity index is 2.71. The van der Waals surface area contributed by atoms with Gasteiger partial charge in [-0.05, 0) is 12.1 Å². The first-order chi connectivity index (χ1) is 6.18. The van der Waals surface area contributed by atoms with E-state index in [1.165, 1.54) is 6.21 Å². The van der Waals surface area contributed by atoms with Crippen LogP contribution in [-0.2, 0) is 4.79 Å². The number of hydrogen-bond acceptors (Lipinski definition) is 2. The van der Waals surface area contributed by atoms with E-state index in [1.54, 1.807) is 24.3 Å². The second-order valence-electron chi connectivity index (χ2n) is 2.51. The van der Waals surface area contributed by atoms with Gasteiger partial charge in [-0.2, -0.15) is 4.74 Å². The van der Waals surface area contributed by atoms with Gasteiger partial charge >= 0.3 is 5.97 Å². The Morgan fingerprint density at radius 1 is 1.46 bits per heavy atom. The van der Waals surface area contributed by atoms with Crippen molar-refractivity contribution in [2.75, 3.05) is 6.54 Å². The first-order valence-electron chi connectivity index (χ1n) is 3.74. The maximum Gasteiger partial charge on any atom is 0.371 e. The van der Waals surface area contributed by atoms with Crippen molar-refractivity contribution in [1.82, 2.24) is 0 Å². The summed E-state index contributed by atoms with van der Waals surface area (Å²) in [6.07, 6.45) is 1.24. The van der Waals surface area contributed by atoms with Gasteiger partial charge in [0.25, 0.3) is 0 Å². The van der Waals surface area contributed by atoms with Crippen molar-refractivity contribution in [2.24, 2.45) is 0 Å². The number of hydroxylamine groups is 1. The smallest absolute Gasteiger partial charge is 0.371 e. The van der Waals surface area contributed by atoms with Gasteiger partial charge in [-0.15, -0.1) is 0 Å². The van der Waals surface area contributed by atoms with Crippen molar-refractivity contribution in [3.8, 4) is 0 Å². The summed E-state index contributed by atoms with van der Waals surface area (Å²) in [5.74, 6) is -1.14. The highest BCUT2D eigenvalue weighted by Gasteiger charge is 2.01. The normalized spacial score (nSPS) is 11.2. The molecule has 0 saturated carbocycles. The molecule has 0 saturated heterocycles. The zero-order chi connectivity index (χ0) is 9.68. The quantitative estimate of drug-likeness (QED) is 0.321. The third-order valence-electron chi connectivity index (χ3n) is 1.38. The summed E-state index contributed by atoms with van der Waals surface area (Å²) < 4.78 is 0.387. The lowest BCUT2D eigenvalue weighted by Crippen LogP contribution is -2.16. The number of hydrogen-bond donors (Lipinski definition) is 1. The highest BCUT2D eigenvalue weighted by atomic mass is 16.5. The van der Waals surface area contributed by atoms with Gasteiger partial charge in [0.15, 0.2) is 6.21 Å². The molecule has 0 fully saturated rings. The lowest BCUT2D eigenvalue weighted by molar-refractivity contribution is -0.442. The Bertz CT molecular complexity index is 319. The van der Waals surface area contributed by atoms with Crippen LogP contribution in [0.25, 0.3) is 0 Å². The number of benzene rings is 1. The molecule has 1 aromatic carbocycles. The van der Waals surface area contributed by atoms with Gasteiger partial charge in [0.05, 0.1) is 0 Å². The summed E-state index contributed by atoms with van der Waals surface area (Å²) in [6.45, 7) is -0.533. The second-order valence-corrected chi connectivity index (χ2v) is 2.51. The maximum atomic E-state index is 10.9. The Morgan fingerprint density at radius 2 is 2.08 bits per heavy atom. The molecule has 0 aliphatic rings. The van der Waals surface area contributed by atoms with Crippen LogP contribution in [0.5, 0.6) is 0 Å². The molecule has 4 nitrogen and oxygen atoms in total. The molecule has 0 bridgehead atoms. The van der Waals surface area contributed by atoms with Crippen LogP contribution < -0.4 is 0 Å². The number of rotatable bonds is 3. The van der Waals surface area contributed by atoms with Gasteiger partial charge in [-0.3, -0.25) is 0 Å². The lowest BCUT2D eigenvalue weighted by atomic mass is 10.2. The molecule has 0 aliphatic heterocycles. The third-order valence-corrected chi connectivity index (χ3v) is 1.38. The van der Waals surface area contributed by atoms with E-state index in [9.17, 15) is 10.0 Å². The SMILES string of the molecule is O=C(O)C/[N+]([O-])=C\c1ccccc1. The monoisotopic (exact) mass is 179 g/mol. The molecule has 0 amide bonds. The van der Waals surface area contributed by atoms with Crippen LogP contribution in [0.3, 0.4) is 0 Å². The highest BCUT2D eigenvalue weighted by Crippen LogP contribution is 1.93. The van der Waals surface area contributed by atoms with Crippen LogP contribution in [0.1, 0.15) is 5.56 Å². The summed E-state index contributed by atoms with van der Waals surface area (Å²) in [5.41, 5.74) is 0.693. The minimum absolute atomic E-state index is 0.387. The number of carboxylic acid groups (broad SMARTS) is 1. The molecule has 0 aliphatic carbocycles. The van der Waals surface area contributed by atoms with Crippen molar-refractivity contribution in [2.45, 2.75) is 0 Å². The minimum atomic E-state index is -1.14. The summed E-state index contributed by atoms with van der Waals surface area (Å²) in [6, 6.07) is 8.84. The molecule has 0 aromatic heterocycles. The van der Waals surface area contributed by atoms with E-state index in [4.69, 9.17) is 5.11 Å². The molecular formula is C9H9NO3. The molecular weight excluding hydrogens is 170 g/mol. The van der Waals surface area contributed by atoms with Crippen LogP contribution >= 0.6 is 0 Å². The second kappa shape index (κ2) is 4.25. The summed E-state index contributed by atoms with van der Waals surface area (Å²) >= 11 is 0. The molecule has 0 radical (unpaired) electrons. The fourth-order valence-electron chi connectivity index (χ4n) is 0.884. The first kappa shape index (κ1) is 9.25. The van der Waals surface area contributed by atoms with E-state index in [0.29, 0.717) is 10.3 Å². The van der Waals surface area contributed by atoms with E-state index < -0.39 is 12.5 Å². The van der Waals surface area contributed by atoms with Gasteiger partial charge in [-0.25, -0.2) is 4.79 Å². The Morgan fingerprint density at radius 3 is 2.62 bits per heavy atom. The van der Waals surface area contributed by atoms with Crippen molar-refractivity contribution in [3.63, 3.8) is 0 Å². The van der Waals surface area contributed by atoms with Gasteiger partial charge in [0.1, 0.15) is 0 Å². The number of aliphatic carboxylic acids is 1. The summed E-state index contributed by atoms with van der Waals surface area (Å²) in [7, 11) is 0. The number of nitrogens with zero attached hydrogens (tertiary/aromatic N) is 1. The minimum Gasteiger partial charge on any atom is -0.623 e. The molecule has 68 valence electrons. The van der Waals surface area contributed by atoms with E-state index in [1.807, 2.05) is 6.07 Å². The predicted octanol–water partition coefficient (Wildman–Crippen LogP) is 0.700. The van der Waals surface area contributed by atoms with E-state index >= 15 is 0 Å². The van der Waals surface area contributed by atoms with Crippen LogP contribution in [-0.4, -0.2) is 28.6 Å². The van der Waals surface area contributed by atoms with Crippen LogP contribution in [0.15, 0.2) is 30.3 Å². The Kier molecular flexibility index (Phi) is 3.03. The van der Waals surface area contributed by atoms with Gasteiger partial charge in [0, 0.05) is 5.56 Å². The van der Waals surface area contributed by atoms with Crippen LogP contribution in [0, 0.1) is 5.21 Å². The van der Waals surface area contributed by atoms with Crippen molar-refractivity contribution in [1.29, 1.82) is 0 Å². The number of carboxylic acids is 1. The molecule has 0 spiro atoms. The summed E-state index contributed by atoms with van der Waals surface area (Å²) in [5, 5.41) is 19.2. The van der Waals surface area contributed by atoms with Crippen LogP contribution in [0.2, 0.25) is 0 Å². The molecule has 1 aromatic rings. The summed E-state index contributed by atoms with van der Waals surface area (Å²) in [4.78, 5) is 10.1. The van der Waals surface area contributed by atoms with Crippen molar-refractivity contribution >= 4 is 12.2 Å². The first-order valence-corrected chi connectivity index (χ1v) is 3.74. The zero-order valence-corrected chi connectivity index (χ0v) is 6.88. The van der Waals surface area contributed by atoms with E-state index in [-0.39, 0.29) is 0 Å². The molecule has 1 N–H and O–H groups in total. The van der Waals surface area contributed by atoms with Crippen molar-refractivity contribution in [3.05, 3.63) is 41.1 Å². The fraction of sp³-hybridized carbons (Fsp3) is 0.111. The Hall–Kier alpha value is -1.84. The van der Waals surface area contributed by atoms with Gasteiger partial charge in [-0.1, -0.05) is 18.2 Å². The largest absolute Gasteiger partial charge is 0.623 e. The third kappa shape index (κ3) is 3.37.